The molecule has 0 unspecified atom stereocenters. The maximum absolute atomic E-state index is 11.6. The minimum atomic E-state index is -0.240. The molecule has 0 aliphatic carbocycles. The summed E-state index contributed by atoms with van der Waals surface area (Å²) in [6, 6.07) is 0.0884. The first-order chi connectivity index (χ1) is 8.08. The Bertz CT molecular complexity index is 515. The van der Waals surface area contributed by atoms with Gasteiger partial charge in [-0.25, -0.2) is 4.79 Å². The Morgan fingerprint density at radius 2 is 2.18 bits per heavy atom. The molecule has 0 saturated carbocycles. The Labute approximate surface area is 99.8 Å². The first-order valence-corrected chi connectivity index (χ1v) is 5.78. The van der Waals surface area contributed by atoms with Crippen LogP contribution in [-0.2, 0) is 11.2 Å². The third kappa shape index (κ3) is 1.40. The Morgan fingerprint density at radius 3 is 2.94 bits per heavy atom. The van der Waals surface area contributed by atoms with Gasteiger partial charge in [-0.3, -0.25) is 4.90 Å². The normalized spacial score (nSPS) is 23.2. The highest BCUT2D eigenvalue weighted by Gasteiger charge is 2.38. The van der Waals surface area contributed by atoms with Crippen molar-refractivity contribution in [3.8, 4) is 0 Å². The number of hydrogen-bond acceptors (Lipinski definition) is 3. The van der Waals surface area contributed by atoms with E-state index in [0.29, 0.717) is 13.2 Å². The summed E-state index contributed by atoms with van der Waals surface area (Å²) < 4.78 is 10.8. The minimum Gasteiger partial charge on any atom is -0.465 e. The maximum atomic E-state index is 11.6. The number of ether oxygens (including phenoxy) is 1. The van der Waals surface area contributed by atoms with Crippen LogP contribution in [0.15, 0.2) is 11.0 Å². The number of amides is 1. The molecule has 17 heavy (non-hydrogen) atoms. The predicted octanol–water partition coefficient (Wildman–Crippen LogP) is 2.29. The maximum Gasteiger partial charge on any atom is 0.410 e. The average Bonchev–Trinajstić information content (AvgIpc) is 2.69. The van der Waals surface area contributed by atoms with E-state index in [4.69, 9.17) is 9.15 Å². The van der Waals surface area contributed by atoms with E-state index in [1.165, 1.54) is 0 Å². The van der Waals surface area contributed by atoms with Crippen LogP contribution in [0.3, 0.4) is 0 Å². The number of carbonyl (C=O) groups is 1. The van der Waals surface area contributed by atoms with E-state index in [1.807, 2.05) is 13.8 Å². The van der Waals surface area contributed by atoms with Crippen LogP contribution in [0.25, 0.3) is 5.57 Å². The number of cyclic esters (lactones) is 1. The molecule has 1 aromatic rings. The second kappa shape index (κ2) is 3.39. The molecule has 0 aromatic carbocycles. The van der Waals surface area contributed by atoms with Crippen molar-refractivity contribution < 1.29 is 13.9 Å². The Balaban J connectivity index is 2.06. The fourth-order valence-corrected chi connectivity index (χ4v) is 2.65. The van der Waals surface area contributed by atoms with Gasteiger partial charge >= 0.3 is 6.09 Å². The van der Waals surface area contributed by atoms with E-state index >= 15 is 0 Å². The topological polar surface area (TPSA) is 42.7 Å². The van der Waals surface area contributed by atoms with Crippen molar-refractivity contribution in [3.05, 3.63) is 29.2 Å². The number of hydrogen-bond donors (Lipinski definition) is 0. The Morgan fingerprint density at radius 1 is 1.41 bits per heavy atom. The summed E-state index contributed by atoms with van der Waals surface area (Å²) in [4.78, 5) is 13.3. The first-order valence-electron chi connectivity index (χ1n) is 5.78. The van der Waals surface area contributed by atoms with Crippen molar-refractivity contribution >= 4 is 11.7 Å². The van der Waals surface area contributed by atoms with Crippen LogP contribution in [0, 0.1) is 13.8 Å². The van der Waals surface area contributed by atoms with E-state index in [-0.39, 0.29) is 12.1 Å². The van der Waals surface area contributed by atoms with Gasteiger partial charge in [0.2, 0.25) is 0 Å². The van der Waals surface area contributed by atoms with Gasteiger partial charge in [0.25, 0.3) is 0 Å². The monoisotopic (exact) mass is 233 g/mol. The molecule has 1 fully saturated rings. The van der Waals surface area contributed by atoms with E-state index in [0.717, 1.165) is 34.6 Å². The third-order valence-corrected chi connectivity index (χ3v) is 3.67. The lowest BCUT2D eigenvalue weighted by atomic mass is 10.0. The molecule has 0 N–H and O–H groups in total. The molecule has 0 radical (unpaired) electrons. The summed E-state index contributed by atoms with van der Waals surface area (Å²) in [5.41, 5.74) is 3.18. The quantitative estimate of drug-likeness (QED) is 0.690. The number of fused-ring (bicyclic) bond motifs is 2. The summed E-state index contributed by atoms with van der Waals surface area (Å²) in [7, 11) is 0. The number of aryl methyl sites for hydroxylation is 1. The van der Waals surface area contributed by atoms with Gasteiger partial charge < -0.3 is 9.15 Å². The van der Waals surface area contributed by atoms with Crippen molar-refractivity contribution in [2.45, 2.75) is 26.3 Å². The molecule has 3 heterocycles. The standard InChI is InChI=1S/C13H15NO3/c1-7-5-14-10(6-16-13(14)15)4-11-12(7)8(2)9(3)17-11/h10H,1,4-6H2,2-3H3/t10-/m1/s1. The molecule has 4 heteroatoms. The Hall–Kier alpha value is -1.71. The van der Waals surface area contributed by atoms with Crippen LogP contribution in [0.4, 0.5) is 4.79 Å². The van der Waals surface area contributed by atoms with Crippen molar-refractivity contribution in [1.29, 1.82) is 0 Å². The highest BCUT2D eigenvalue weighted by atomic mass is 16.6. The van der Waals surface area contributed by atoms with Gasteiger partial charge in [-0.2, -0.15) is 0 Å². The fraction of sp³-hybridized carbons (Fsp3) is 0.462. The molecule has 1 aromatic heterocycles. The van der Waals surface area contributed by atoms with E-state index in [1.54, 1.807) is 4.90 Å². The van der Waals surface area contributed by atoms with Gasteiger partial charge in [0.05, 0.1) is 6.04 Å². The molecular formula is C13H15NO3. The number of nitrogens with zero attached hydrogens (tertiary/aromatic N) is 1. The van der Waals surface area contributed by atoms with Crippen molar-refractivity contribution in [2.24, 2.45) is 0 Å². The van der Waals surface area contributed by atoms with E-state index in [9.17, 15) is 4.79 Å². The predicted molar refractivity (Wildman–Crippen MR) is 62.8 cm³/mol. The van der Waals surface area contributed by atoms with Crippen LogP contribution in [-0.4, -0.2) is 30.2 Å². The van der Waals surface area contributed by atoms with Crippen LogP contribution >= 0.6 is 0 Å². The molecule has 90 valence electrons. The zero-order valence-electron chi connectivity index (χ0n) is 10.1. The van der Waals surface area contributed by atoms with Crippen LogP contribution in [0.5, 0.6) is 0 Å². The van der Waals surface area contributed by atoms with Crippen LogP contribution < -0.4 is 0 Å². The highest BCUT2D eigenvalue weighted by molar-refractivity contribution is 5.77. The molecule has 4 nitrogen and oxygen atoms in total. The highest BCUT2D eigenvalue weighted by Crippen LogP contribution is 2.34. The molecule has 1 saturated heterocycles. The molecule has 2 aliphatic heterocycles. The number of rotatable bonds is 0. The minimum absolute atomic E-state index is 0.0884. The largest absolute Gasteiger partial charge is 0.465 e. The van der Waals surface area contributed by atoms with Gasteiger partial charge in [-0.1, -0.05) is 6.58 Å². The van der Waals surface area contributed by atoms with Gasteiger partial charge in [0.1, 0.15) is 18.1 Å². The summed E-state index contributed by atoms with van der Waals surface area (Å²) in [6.07, 6.45) is 0.477. The molecule has 0 bridgehead atoms. The first kappa shape index (κ1) is 10.4. The number of carbonyl (C=O) groups excluding carboxylic acids is 1. The molecule has 2 aliphatic rings. The lowest BCUT2D eigenvalue weighted by Gasteiger charge is -2.17. The number of furan rings is 1. The SMILES string of the molecule is C=C1CN2C(=O)OC[C@H]2Cc2oc(C)c(C)c21. The van der Waals surface area contributed by atoms with Crippen molar-refractivity contribution in [2.75, 3.05) is 13.2 Å². The van der Waals surface area contributed by atoms with Crippen molar-refractivity contribution in [1.82, 2.24) is 4.90 Å². The summed E-state index contributed by atoms with van der Waals surface area (Å²) in [5.74, 6) is 1.88. The molecule has 1 amide bonds. The summed E-state index contributed by atoms with van der Waals surface area (Å²) >= 11 is 0. The molecular weight excluding hydrogens is 218 g/mol. The summed E-state index contributed by atoms with van der Waals surface area (Å²) in [6.45, 7) is 9.06. The lowest BCUT2D eigenvalue weighted by molar-refractivity contribution is 0.161. The summed E-state index contributed by atoms with van der Waals surface area (Å²) in [5, 5.41) is 0. The molecule has 3 rings (SSSR count). The van der Waals surface area contributed by atoms with E-state index in [2.05, 4.69) is 6.58 Å². The Kier molecular flexibility index (Phi) is 2.08. The van der Waals surface area contributed by atoms with Gasteiger partial charge in [-0.05, 0) is 25.0 Å². The molecule has 0 spiro atoms. The van der Waals surface area contributed by atoms with Gasteiger partial charge in [-0.15, -0.1) is 0 Å². The lowest BCUT2D eigenvalue weighted by Crippen LogP contribution is -2.34. The second-order valence-corrected chi connectivity index (χ2v) is 4.75. The zero-order valence-corrected chi connectivity index (χ0v) is 10.1. The van der Waals surface area contributed by atoms with Crippen LogP contribution in [0.2, 0.25) is 0 Å². The average molecular weight is 233 g/mol. The van der Waals surface area contributed by atoms with E-state index < -0.39 is 0 Å². The smallest absolute Gasteiger partial charge is 0.410 e. The van der Waals surface area contributed by atoms with Crippen molar-refractivity contribution in [3.63, 3.8) is 0 Å². The van der Waals surface area contributed by atoms with Gasteiger partial charge in [0, 0.05) is 18.5 Å². The third-order valence-electron chi connectivity index (χ3n) is 3.67. The van der Waals surface area contributed by atoms with Crippen LogP contribution in [0.1, 0.15) is 22.6 Å². The fourth-order valence-electron chi connectivity index (χ4n) is 2.65. The second-order valence-electron chi connectivity index (χ2n) is 4.75. The molecule has 1 atom stereocenters. The van der Waals surface area contributed by atoms with Gasteiger partial charge in [0.15, 0.2) is 0 Å². The zero-order chi connectivity index (χ0) is 12.2.